The molecule has 1 aliphatic rings. The largest absolute Gasteiger partial charge is 0.306 e. The van der Waals surface area contributed by atoms with Gasteiger partial charge in [0.25, 0.3) is 0 Å². The van der Waals surface area contributed by atoms with Gasteiger partial charge in [-0.05, 0) is 67.4 Å². The number of halogens is 1. The van der Waals surface area contributed by atoms with E-state index >= 15 is 0 Å². The molecule has 3 rings (SSSR count). The maximum atomic E-state index is 13.0. The predicted molar refractivity (Wildman–Crippen MR) is 82.0 cm³/mol. The summed E-state index contributed by atoms with van der Waals surface area (Å²) in [5, 5.41) is 0. The van der Waals surface area contributed by atoms with E-state index in [4.69, 9.17) is 0 Å². The molecule has 0 bridgehead atoms. The molecular formula is C17H17FNO2S. The molecule has 1 radical (unpaired) electrons. The quantitative estimate of drug-likeness (QED) is 0.799. The van der Waals surface area contributed by atoms with Gasteiger partial charge in [0.05, 0.1) is 9.79 Å². The second-order valence-electron chi connectivity index (χ2n) is 5.61. The van der Waals surface area contributed by atoms with E-state index in [-0.39, 0.29) is 9.79 Å². The zero-order valence-electron chi connectivity index (χ0n) is 12.3. The molecule has 0 amide bonds. The number of sulfone groups is 1. The van der Waals surface area contributed by atoms with Crippen molar-refractivity contribution < 1.29 is 12.8 Å². The first-order valence-corrected chi connectivity index (χ1v) is 8.68. The minimum atomic E-state index is -3.65. The van der Waals surface area contributed by atoms with Crippen molar-refractivity contribution in [3.05, 3.63) is 59.4 Å². The van der Waals surface area contributed by atoms with Crippen molar-refractivity contribution in [3.8, 4) is 0 Å². The zero-order valence-corrected chi connectivity index (χ0v) is 13.2. The SMILES string of the molecule is CN1CCc2c[c]c(S(=O)(=O)c3ccc(F)cc3)cc2CC1. The smallest absolute Gasteiger partial charge is 0.207 e. The van der Waals surface area contributed by atoms with Crippen LogP contribution in [-0.4, -0.2) is 33.5 Å². The first kappa shape index (κ1) is 15.2. The van der Waals surface area contributed by atoms with E-state index < -0.39 is 15.7 Å². The molecule has 0 fully saturated rings. The Labute approximate surface area is 130 Å². The standard InChI is InChI=1S/C17H17FNO2S/c1-19-10-8-13-2-5-17(12-14(13)9-11-19)22(20,21)16-6-3-15(18)4-7-16/h2-4,6-7,12H,8-11H2,1H3. The first-order chi connectivity index (χ1) is 10.5. The van der Waals surface area contributed by atoms with E-state index in [2.05, 4.69) is 18.0 Å². The van der Waals surface area contributed by atoms with Crippen molar-refractivity contribution in [2.45, 2.75) is 22.6 Å². The molecule has 0 N–H and O–H groups in total. The second-order valence-corrected chi connectivity index (χ2v) is 7.53. The topological polar surface area (TPSA) is 37.4 Å². The van der Waals surface area contributed by atoms with Gasteiger partial charge in [-0.1, -0.05) is 0 Å². The summed E-state index contributed by atoms with van der Waals surface area (Å²) in [5.74, 6) is -0.451. The van der Waals surface area contributed by atoms with E-state index in [9.17, 15) is 12.8 Å². The maximum Gasteiger partial charge on any atom is 0.207 e. The lowest BCUT2D eigenvalue weighted by molar-refractivity contribution is 0.352. The number of fused-ring (bicyclic) bond motifs is 1. The van der Waals surface area contributed by atoms with Crippen molar-refractivity contribution >= 4 is 9.84 Å². The van der Waals surface area contributed by atoms with Crippen LogP contribution in [0.3, 0.4) is 0 Å². The van der Waals surface area contributed by atoms with Crippen LogP contribution in [-0.2, 0) is 22.7 Å². The Balaban J connectivity index is 2.00. The first-order valence-electron chi connectivity index (χ1n) is 7.19. The average molecular weight is 318 g/mol. The predicted octanol–water partition coefficient (Wildman–Crippen LogP) is 2.49. The van der Waals surface area contributed by atoms with Crippen molar-refractivity contribution in [1.29, 1.82) is 0 Å². The highest BCUT2D eigenvalue weighted by molar-refractivity contribution is 7.91. The molecule has 0 aliphatic carbocycles. The molecule has 1 aliphatic heterocycles. The van der Waals surface area contributed by atoms with Gasteiger partial charge in [0.2, 0.25) is 9.84 Å². The number of benzene rings is 2. The van der Waals surface area contributed by atoms with Crippen LogP contribution in [0, 0.1) is 11.9 Å². The molecule has 0 saturated carbocycles. The summed E-state index contributed by atoms with van der Waals surface area (Å²) in [6.45, 7) is 1.87. The third-order valence-corrected chi connectivity index (χ3v) is 5.75. The Hall–Kier alpha value is -1.72. The van der Waals surface area contributed by atoms with Crippen LogP contribution in [0.25, 0.3) is 0 Å². The monoisotopic (exact) mass is 318 g/mol. The molecular weight excluding hydrogens is 301 g/mol. The lowest BCUT2D eigenvalue weighted by atomic mass is 10.0. The van der Waals surface area contributed by atoms with Crippen LogP contribution in [0.15, 0.2) is 46.2 Å². The van der Waals surface area contributed by atoms with Crippen LogP contribution in [0.2, 0.25) is 0 Å². The van der Waals surface area contributed by atoms with E-state index in [0.717, 1.165) is 49.2 Å². The highest BCUT2D eigenvalue weighted by Gasteiger charge is 2.20. The minimum absolute atomic E-state index is 0.0934. The third kappa shape index (κ3) is 2.91. The fourth-order valence-electron chi connectivity index (χ4n) is 2.64. The van der Waals surface area contributed by atoms with Crippen LogP contribution in [0.5, 0.6) is 0 Å². The highest BCUT2D eigenvalue weighted by atomic mass is 32.2. The summed E-state index contributed by atoms with van der Waals surface area (Å²) in [5.41, 5.74) is 2.21. The lowest BCUT2D eigenvalue weighted by Crippen LogP contribution is -2.20. The molecule has 0 unspecified atom stereocenters. The summed E-state index contributed by atoms with van der Waals surface area (Å²) < 4.78 is 38.2. The summed E-state index contributed by atoms with van der Waals surface area (Å²) in [4.78, 5) is 2.48. The molecule has 0 saturated heterocycles. The summed E-state index contributed by atoms with van der Waals surface area (Å²) >= 11 is 0. The van der Waals surface area contributed by atoms with Crippen LogP contribution in [0.1, 0.15) is 11.1 Å². The lowest BCUT2D eigenvalue weighted by Gasteiger charge is -2.10. The fourth-order valence-corrected chi connectivity index (χ4v) is 3.90. The molecule has 0 atom stereocenters. The zero-order chi connectivity index (χ0) is 15.7. The second kappa shape index (κ2) is 5.82. The summed E-state index contributed by atoms with van der Waals surface area (Å²) in [6.07, 6.45) is 1.73. The van der Waals surface area contributed by atoms with Crippen LogP contribution in [0.4, 0.5) is 4.39 Å². The van der Waals surface area contributed by atoms with Gasteiger partial charge in [0.1, 0.15) is 5.82 Å². The Bertz CT molecular complexity index is 785. The van der Waals surface area contributed by atoms with Gasteiger partial charge < -0.3 is 4.90 Å². The van der Waals surface area contributed by atoms with E-state index in [1.54, 1.807) is 12.1 Å². The van der Waals surface area contributed by atoms with Crippen molar-refractivity contribution in [2.24, 2.45) is 0 Å². The Morgan fingerprint density at radius 2 is 1.73 bits per heavy atom. The van der Waals surface area contributed by atoms with Crippen LogP contribution >= 0.6 is 0 Å². The molecule has 1 heterocycles. The molecule has 0 spiro atoms. The number of likely N-dealkylation sites (N-methyl/N-ethyl adjacent to an activating group) is 1. The minimum Gasteiger partial charge on any atom is -0.306 e. The fraction of sp³-hybridized carbons (Fsp3) is 0.294. The van der Waals surface area contributed by atoms with Gasteiger partial charge in [-0.15, -0.1) is 0 Å². The number of nitrogens with zero attached hydrogens (tertiary/aromatic N) is 1. The van der Waals surface area contributed by atoms with Gasteiger partial charge in [0, 0.05) is 19.2 Å². The summed E-state index contributed by atoms with van der Waals surface area (Å²) in [6, 6.07) is 11.3. The van der Waals surface area contributed by atoms with Crippen molar-refractivity contribution in [3.63, 3.8) is 0 Å². The summed E-state index contributed by atoms with van der Waals surface area (Å²) in [7, 11) is -1.59. The van der Waals surface area contributed by atoms with Gasteiger partial charge in [-0.25, -0.2) is 12.8 Å². The Morgan fingerprint density at radius 1 is 1.09 bits per heavy atom. The Kier molecular flexibility index (Phi) is 4.02. The molecule has 3 nitrogen and oxygen atoms in total. The molecule has 5 heteroatoms. The molecule has 115 valence electrons. The molecule has 2 aromatic carbocycles. The van der Waals surface area contributed by atoms with Gasteiger partial charge in [-0.3, -0.25) is 0 Å². The Morgan fingerprint density at radius 3 is 2.41 bits per heavy atom. The molecule has 2 aromatic rings. The van der Waals surface area contributed by atoms with E-state index in [1.165, 1.54) is 12.1 Å². The van der Waals surface area contributed by atoms with Gasteiger partial charge >= 0.3 is 0 Å². The average Bonchev–Trinajstić information content (AvgIpc) is 2.69. The highest BCUT2D eigenvalue weighted by Crippen LogP contribution is 2.24. The van der Waals surface area contributed by atoms with Gasteiger partial charge in [0.15, 0.2) is 0 Å². The maximum absolute atomic E-state index is 13.0. The number of hydrogen-bond donors (Lipinski definition) is 0. The third-order valence-electron chi connectivity index (χ3n) is 4.05. The molecule has 22 heavy (non-hydrogen) atoms. The van der Waals surface area contributed by atoms with Crippen molar-refractivity contribution in [2.75, 3.05) is 20.1 Å². The molecule has 0 aromatic heterocycles. The van der Waals surface area contributed by atoms with Crippen molar-refractivity contribution in [1.82, 2.24) is 4.90 Å². The van der Waals surface area contributed by atoms with Gasteiger partial charge in [-0.2, -0.15) is 0 Å². The number of hydrogen-bond acceptors (Lipinski definition) is 3. The van der Waals surface area contributed by atoms with E-state index in [0.29, 0.717) is 0 Å². The van der Waals surface area contributed by atoms with Crippen LogP contribution < -0.4 is 0 Å². The number of rotatable bonds is 2. The normalized spacial score (nSPS) is 16.1. The van der Waals surface area contributed by atoms with E-state index in [1.807, 2.05) is 0 Å².